The lowest BCUT2D eigenvalue weighted by Crippen LogP contribution is -2.28. The fraction of sp³-hybridized carbons (Fsp3) is 0.740. The molecule has 0 heterocycles. The molecule has 2 N–H and O–H groups in total. The summed E-state index contributed by atoms with van der Waals surface area (Å²) in [5.74, 6) is -1.24. The van der Waals surface area contributed by atoms with Gasteiger partial charge in [0.1, 0.15) is 12.6 Å². The maximum atomic E-state index is 12.8. The molecule has 0 aromatic carbocycles. The second-order valence-corrected chi connectivity index (χ2v) is 15.6. The van der Waals surface area contributed by atoms with E-state index in [1.165, 1.54) is 96.3 Å². The number of carbonyl (C=O) groups excluding carboxylic acids is 2. The molecule has 0 fully saturated rings. The summed E-state index contributed by atoms with van der Waals surface area (Å²) in [5, 5.41) is 11.1. The van der Waals surface area contributed by atoms with E-state index >= 15 is 0 Å². The number of rotatable bonds is 42. The first-order valence-corrected chi connectivity index (χ1v) is 23.4. The van der Waals surface area contributed by atoms with Crippen molar-refractivity contribution in [3.05, 3.63) is 60.8 Å². The third-order valence-corrected chi connectivity index (χ3v) is 10.2. The number of nitrogens with one attached hydrogen (secondary N) is 1. The van der Waals surface area contributed by atoms with E-state index in [1.807, 2.05) is 0 Å². The first kappa shape index (κ1) is 53.1. The molecule has 0 radical (unpaired) electrons. The van der Waals surface area contributed by atoms with Crippen LogP contribution in [0.15, 0.2) is 60.8 Å². The number of allylic oxidation sites excluding steroid dienone is 10. The van der Waals surface area contributed by atoms with Crippen LogP contribution in [-0.4, -0.2) is 35.6 Å². The maximum Gasteiger partial charge on any atom is 0.322 e. The lowest BCUT2D eigenvalue weighted by Gasteiger charge is -2.18. The van der Waals surface area contributed by atoms with Gasteiger partial charge in [0, 0.05) is 12.8 Å². The lowest BCUT2D eigenvalue weighted by molar-refractivity contribution is -0.150. The predicted octanol–water partition coefficient (Wildman–Crippen LogP) is 14.8. The number of esters is 1. The van der Waals surface area contributed by atoms with Gasteiger partial charge < -0.3 is 15.2 Å². The van der Waals surface area contributed by atoms with Crippen molar-refractivity contribution in [1.82, 2.24) is 5.32 Å². The van der Waals surface area contributed by atoms with Crippen molar-refractivity contribution in [1.29, 1.82) is 0 Å². The molecule has 0 rings (SSSR count). The molecule has 1 atom stereocenters. The van der Waals surface area contributed by atoms with Gasteiger partial charge in [0.2, 0.25) is 5.91 Å². The smallest absolute Gasteiger partial charge is 0.322 e. The van der Waals surface area contributed by atoms with Crippen molar-refractivity contribution in [3.63, 3.8) is 0 Å². The van der Waals surface area contributed by atoms with Crippen molar-refractivity contribution in [2.45, 2.75) is 232 Å². The summed E-state index contributed by atoms with van der Waals surface area (Å²) >= 11 is 0. The Bertz CT molecular complexity index is 1040. The molecule has 0 spiro atoms. The van der Waals surface area contributed by atoms with Crippen molar-refractivity contribution < 1.29 is 24.2 Å². The number of aliphatic carboxylic acids is 1. The number of unbranched alkanes of at least 4 members (excludes halogenated alkanes) is 21. The summed E-state index contributed by atoms with van der Waals surface area (Å²) in [4.78, 5) is 35.1. The van der Waals surface area contributed by atoms with Gasteiger partial charge in [-0.3, -0.25) is 14.4 Å². The molecule has 0 saturated carbocycles. The number of hydrogen-bond donors (Lipinski definition) is 2. The number of ether oxygens (including phenoxy) is 1. The van der Waals surface area contributed by atoms with E-state index < -0.39 is 5.97 Å². The van der Waals surface area contributed by atoms with E-state index in [0.29, 0.717) is 12.8 Å². The van der Waals surface area contributed by atoms with Gasteiger partial charge in [0.05, 0.1) is 0 Å². The average Bonchev–Trinajstić information content (AvgIpc) is 3.18. The summed E-state index contributed by atoms with van der Waals surface area (Å²) in [6, 6.07) is 0. The normalized spacial score (nSPS) is 12.6. The molecule has 6 nitrogen and oxygen atoms in total. The van der Waals surface area contributed by atoms with Gasteiger partial charge in [-0.15, -0.1) is 0 Å². The van der Waals surface area contributed by atoms with Crippen LogP contribution in [0, 0.1) is 0 Å². The summed E-state index contributed by atoms with van der Waals surface area (Å²) in [5.41, 5.74) is 0. The van der Waals surface area contributed by atoms with Gasteiger partial charge >= 0.3 is 11.9 Å². The molecule has 0 aromatic heterocycles. The standard InChI is InChI=1S/C50H87NO5/c1-3-5-7-9-11-13-15-16-17-18-19-20-21-22-23-24-25-26-28-30-32-37-41-45-50(55)56-47(42-38-34-31-29-27-14-12-10-8-6-4-2)43-39-35-33-36-40-44-48(52)51-46-49(53)54/h5,7,11,13,16-17,19-20,22-23,47H,3-4,6,8-10,12,14-15,18,21,24-46H2,1-2H3,(H,51,52)(H,53,54)/b7-5-,13-11-,17-16-,20-19-,23-22-. The Hall–Kier alpha value is -2.89. The van der Waals surface area contributed by atoms with E-state index in [2.05, 4.69) is 79.9 Å². The third kappa shape index (κ3) is 43.8. The van der Waals surface area contributed by atoms with Crippen LogP contribution in [0.2, 0.25) is 0 Å². The van der Waals surface area contributed by atoms with Crippen molar-refractivity contribution in [2.24, 2.45) is 0 Å². The summed E-state index contributed by atoms with van der Waals surface area (Å²) in [6.45, 7) is 4.12. The van der Waals surface area contributed by atoms with Crippen LogP contribution in [0.3, 0.4) is 0 Å². The minimum Gasteiger partial charge on any atom is -0.480 e. The molecule has 56 heavy (non-hydrogen) atoms. The van der Waals surface area contributed by atoms with Crippen LogP contribution in [0.4, 0.5) is 0 Å². The Morgan fingerprint density at radius 1 is 0.482 bits per heavy atom. The van der Waals surface area contributed by atoms with Gasteiger partial charge in [0.15, 0.2) is 0 Å². The molecule has 0 aliphatic heterocycles. The number of carbonyl (C=O) groups is 3. The Kier molecular flexibility index (Phi) is 42.5. The molecule has 0 aliphatic carbocycles. The Morgan fingerprint density at radius 3 is 1.34 bits per heavy atom. The zero-order valence-electron chi connectivity index (χ0n) is 36.5. The monoisotopic (exact) mass is 782 g/mol. The van der Waals surface area contributed by atoms with Gasteiger partial charge in [-0.05, 0) is 83.5 Å². The van der Waals surface area contributed by atoms with E-state index in [1.54, 1.807) is 0 Å². The Morgan fingerprint density at radius 2 is 0.875 bits per heavy atom. The largest absolute Gasteiger partial charge is 0.480 e. The number of hydrogen-bond acceptors (Lipinski definition) is 4. The van der Waals surface area contributed by atoms with E-state index in [0.717, 1.165) is 103 Å². The fourth-order valence-electron chi connectivity index (χ4n) is 6.78. The van der Waals surface area contributed by atoms with Gasteiger partial charge in [0.25, 0.3) is 0 Å². The van der Waals surface area contributed by atoms with Crippen LogP contribution in [-0.2, 0) is 19.1 Å². The van der Waals surface area contributed by atoms with Gasteiger partial charge in [-0.2, -0.15) is 0 Å². The van der Waals surface area contributed by atoms with Crippen LogP contribution in [0.1, 0.15) is 226 Å². The highest BCUT2D eigenvalue weighted by Gasteiger charge is 2.14. The highest BCUT2D eigenvalue weighted by atomic mass is 16.5. The maximum absolute atomic E-state index is 12.8. The zero-order valence-corrected chi connectivity index (χ0v) is 36.5. The second kappa shape index (κ2) is 44.8. The quantitative estimate of drug-likeness (QED) is 0.0365. The minimum absolute atomic E-state index is 0.0193. The van der Waals surface area contributed by atoms with E-state index in [4.69, 9.17) is 9.84 Å². The summed E-state index contributed by atoms with van der Waals surface area (Å²) in [6.07, 6.45) is 59.2. The first-order chi connectivity index (χ1) is 27.5. The number of carboxylic acids is 1. The molecule has 6 heteroatoms. The number of amides is 1. The number of carboxylic acid groups (broad SMARTS) is 1. The van der Waals surface area contributed by atoms with Crippen LogP contribution < -0.4 is 5.32 Å². The van der Waals surface area contributed by atoms with Gasteiger partial charge in [-0.25, -0.2) is 0 Å². The highest BCUT2D eigenvalue weighted by molar-refractivity contribution is 5.80. The van der Waals surface area contributed by atoms with Crippen molar-refractivity contribution in [3.8, 4) is 0 Å². The average molecular weight is 782 g/mol. The van der Waals surface area contributed by atoms with Crippen molar-refractivity contribution in [2.75, 3.05) is 6.54 Å². The van der Waals surface area contributed by atoms with Crippen LogP contribution in [0.25, 0.3) is 0 Å². The predicted molar refractivity (Wildman–Crippen MR) is 240 cm³/mol. The molecular weight excluding hydrogens is 695 g/mol. The molecule has 0 aromatic rings. The molecule has 1 amide bonds. The zero-order chi connectivity index (χ0) is 40.8. The first-order valence-electron chi connectivity index (χ1n) is 23.4. The molecule has 0 bridgehead atoms. The molecule has 1 unspecified atom stereocenters. The minimum atomic E-state index is -1.02. The van der Waals surface area contributed by atoms with Crippen LogP contribution in [0.5, 0.6) is 0 Å². The molecule has 322 valence electrons. The summed E-state index contributed by atoms with van der Waals surface area (Å²) < 4.78 is 6.04. The topological polar surface area (TPSA) is 92.7 Å². The highest BCUT2D eigenvalue weighted by Crippen LogP contribution is 2.19. The molecular formula is C50H87NO5. The lowest BCUT2D eigenvalue weighted by atomic mass is 10.0. The van der Waals surface area contributed by atoms with Gasteiger partial charge in [-0.1, -0.05) is 190 Å². The third-order valence-electron chi connectivity index (χ3n) is 10.2. The molecule has 0 aliphatic rings. The van der Waals surface area contributed by atoms with Crippen molar-refractivity contribution >= 4 is 17.8 Å². The fourth-order valence-corrected chi connectivity index (χ4v) is 6.78. The van der Waals surface area contributed by atoms with Crippen LogP contribution >= 0.6 is 0 Å². The SMILES string of the molecule is CC/C=C\C/C=C\C/C=C\C/C=C\C/C=C\CCCCCCCCCC(=O)OC(CCCCCCCCCCCCC)CCCCCCCC(=O)NCC(=O)O. The van der Waals surface area contributed by atoms with E-state index in [9.17, 15) is 14.4 Å². The van der Waals surface area contributed by atoms with E-state index in [-0.39, 0.29) is 24.5 Å². The second-order valence-electron chi connectivity index (χ2n) is 15.6. The summed E-state index contributed by atoms with van der Waals surface area (Å²) in [7, 11) is 0. The molecule has 0 saturated heterocycles. The Labute approximate surface area is 345 Å². The Balaban J connectivity index is 4.09.